The van der Waals surface area contributed by atoms with Crippen molar-refractivity contribution in [3.8, 4) is 0 Å². The third kappa shape index (κ3) is 3.78. The number of hydrogen-bond acceptors (Lipinski definition) is 2. The maximum Gasteiger partial charge on any atom is 0.410 e. The molecule has 1 aliphatic rings. The lowest BCUT2D eigenvalue weighted by Crippen LogP contribution is -2.29. The third-order valence-corrected chi connectivity index (χ3v) is 5.43. The van der Waals surface area contributed by atoms with Crippen molar-refractivity contribution >= 4 is 32.9 Å². The molecule has 1 fully saturated rings. The van der Waals surface area contributed by atoms with Crippen LogP contribution < -0.4 is 0 Å². The van der Waals surface area contributed by atoms with Crippen LogP contribution in [0.3, 0.4) is 0 Å². The maximum absolute atomic E-state index is 12.3. The summed E-state index contributed by atoms with van der Waals surface area (Å²) < 4.78 is 8.83. The van der Waals surface area contributed by atoms with Gasteiger partial charge >= 0.3 is 6.09 Å². The zero-order chi connectivity index (χ0) is 17.9. The van der Waals surface area contributed by atoms with E-state index in [9.17, 15) is 4.79 Å². The van der Waals surface area contributed by atoms with Gasteiger partial charge in [-0.25, -0.2) is 4.79 Å². The number of hydrogen-bond donors (Lipinski definition) is 0. The largest absolute Gasteiger partial charge is 0.445 e. The van der Waals surface area contributed by atoms with Gasteiger partial charge in [-0.15, -0.1) is 0 Å². The summed E-state index contributed by atoms with van der Waals surface area (Å²) in [6.07, 6.45) is 2.93. The summed E-state index contributed by atoms with van der Waals surface area (Å²) in [5.41, 5.74) is 2.25. The summed E-state index contributed by atoms with van der Waals surface area (Å²) in [4.78, 5) is 14.1. The van der Waals surface area contributed by atoms with Crippen LogP contribution in [0.25, 0.3) is 10.9 Å². The fourth-order valence-corrected chi connectivity index (χ4v) is 3.95. The summed E-state index contributed by atoms with van der Waals surface area (Å²) in [6.45, 7) is 2.78. The normalized spacial score (nSPS) is 17.0. The van der Waals surface area contributed by atoms with Crippen LogP contribution in [0.2, 0.25) is 0 Å². The zero-order valence-electron chi connectivity index (χ0n) is 14.5. The van der Waals surface area contributed by atoms with Gasteiger partial charge in [-0.2, -0.15) is 0 Å². The van der Waals surface area contributed by atoms with E-state index in [1.165, 1.54) is 10.9 Å². The monoisotopic (exact) mass is 412 g/mol. The van der Waals surface area contributed by atoms with Gasteiger partial charge in [0.2, 0.25) is 0 Å². The van der Waals surface area contributed by atoms with Crippen molar-refractivity contribution in [2.24, 2.45) is 5.92 Å². The summed E-state index contributed by atoms with van der Waals surface area (Å²) >= 11 is 3.52. The van der Waals surface area contributed by atoms with E-state index in [0.29, 0.717) is 12.5 Å². The number of halogens is 1. The Bertz CT molecular complexity index is 907. The first kappa shape index (κ1) is 17.2. The van der Waals surface area contributed by atoms with Gasteiger partial charge in [0.1, 0.15) is 6.61 Å². The molecule has 4 rings (SSSR count). The lowest BCUT2D eigenvalue weighted by Gasteiger charge is -2.17. The molecule has 3 aromatic rings. The number of amides is 1. The smallest absolute Gasteiger partial charge is 0.410 e. The van der Waals surface area contributed by atoms with E-state index in [2.05, 4.69) is 51.0 Å². The van der Waals surface area contributed by atoms with Gasteiger partial charge in [-0.05, 0) is 42.2 Å². The standard InChI is InChI=1S/C21H21BrN2O2/c22-19-6-7-20-18(12-19)9-11-23(20)13-17-8-10-24(14-17)21(25)26-15-16-4-2-1-3-5-16/h1-7,9,11-12,17H,8,10,13-15H2. The van der Waals surface area contributed by atoms with Crippen LogP contribution in [-0.2, 0) is 17.9 Å². The molecule has 2 aromatic carbocycles. The molecule has 1 aliphatic heterocycles. The van der Waals surface area contributed by atoms with Crippen LogP contribution in [0.4, 0.5) is 4.79 Å². The van der Waals surface area contributed by atoms with Crippen molar-refractivity contribution in [1.82, 2.24) is 9.47 Å². The molecular formula is C21H21BrN2O2. The minimum absolute atomic E-state index is 0.211. The van der Waals surface area contributed by atoms with Crippen molar-refractivity contribution in [3.05, 3.63) is 70.8 Å². The molecule has 1 atom stereocenters. The van der Waals surface area contributed by atoms with Crippen LogP contribution in [0, 0.1) is 5.92 Å². The second-order valence-electron chi connectivity index (χ2n) is 6.81. The molecular weight excluding hydrogens is 392 g/mol. The van der Waals surface area contributed by atoms with Crippen LogP contribution in [0.1, 0.15) is 12.0 Å². The first-order valence-corrected chi connectivity index (χ1v) is 9.68. The van der Waals surface area contributed by atoms with Crippen LogP contribution in [0.15, 0.2) is 65.3 Å². The number of ether oxygens (including phenoxy) is 1. The highest BCUT2D eigenvalue weighted by atomic mass is 79.9. The molecule has 0 N–H and O–H groups in total. The van der Waals surface area contributed by atoms with E-state index in [1.54, 1.807) is 0 Å². The lowest BCUT2D eigenvalue weighted by molar-refractivity contribution is 0.103. The van der Waals surface area contributed by atoms with E-state index in [1.807, 2.05) is 35.2 Å². The first-order chi connectivity index (χ1) is 12.7. The Labute approximate surface area is 161 Å². The lowest BCUT2D eigenvalue weighted by atomic mass is 10.1. The second kappa shape index (κ2) is 7.54. The molecule has 26 heavy (non-hydrogen) atoms. The summed E-state index contributed by atoms with van der Waals surface area (Å²) in [7, 11) is 0. The van der Waals surface area contributed by atoms with E-state index in [-0.39, 0.29) is 6.09 Å². The van der Waals surface area contributed by atoms with E-state index < -0.39 is 0 Å². The van der Waals surface area contributed by atoms with Crippen LogP contribution in [0.5, 0.6) is 0 Å². The highest BCUT2D eigenvalue weighted by Crippen LogP contribution is 2.25. The predicted octanol–water partition coefficient (Wildman–Crippen LogP) is 5.06. The Morgan fingerprint density at radius 2 is 2.00 bits per heavy atom. The number of likely N-dealkylation sites (tertiary alicyclic amines) is 1. The molecule has 0 spiro atoms. The number of benzene rings is 2. The molecule has 1 unspecified atom stereocenters. The average molecular weight is 413 g/mol. The van der Waals surface area contributed by atoms with Crippen molar-refractivity contribution in [2.75, 3.05) is 13.1 Å². The summed E-state index contributed by atoms with van der Waals surface area (Å²) in [5.74, 6) is 0.457. The van der Waals surface area contributed by atoms with E-state index in [4.69, 9.17) is 4.74 Å². The number of fused-ring (bicyclic) bond motifs is 1. The summed E-state index contributed by atoms with van der Waals surface area (Å²) in [5, 5.41) is 1.23. The molecule has 4 nitrogen and oxygen atoms in total. The highest BCUT2D eigenvalue weighted by Gasteiger charge is 2.27. The molecule has 2 heterocycles. The Balaban J connectivity index is 1.33. The van der Waals surface area contributed by atoms with Gasteiger partial charge in [0.25, 0.3) is 0 Å². The molecule has 134 valence electrons. The number of carbonyl (C=O) groups excluding carboxylic acids is 1. The molecule has 0 aliphatic carbocycles. The highest BCUT2D eigenvalue weighted by molar-refractivity contribution is 9.10. The predicted molar refractivity (Wildman–Crippen MR) is 106 cm³/mol. The van der Waals surface area contributed by atoms with Gasteiger partial charge in [0.15, 0.2) is 0 Å². The van der Waals surface area contributed by atoms with Gasteiger partial charge in [0.05, 0.1) is 0 Å². The van der Waals surface area contributed by atoms with E-state index >= 15 is 0 Å². The molecule has 5 heteroatoms. The van der Waals surface area contributed by atoms with Gasteiger partial charge in [0, 0.05) is 41.2 Å². The minimum Gasteiger partial charge on any atom is -0.445 e. The quantitative estimate of drug-likeness (QED) is 0.599. The van der Waals surface area contributed by atoms with Crippen molar-refractivity contribution < 1.29 is 9.53 Å². The van der Waals surface area contributed by atoms with Crippen molar-refractivity contribution in [3.63, 3.8) is 0 Å². The van der Waals surface area contributed by atoms with Gasteiger partial charge in [-0.3, -0.25) is 0 Å². The first-order valence-electron chi connectivity index (χ1n) is 8.89. The third-order valence-electron chi connectivity index (χ3n) is 4.94. The Morgan fingerprint density at radius 1 is 1.15 bits per heavy atom. The molecule has 0 bridgehead atoms. The Hall–Kier alpha value is -2.27. The molecule has 1 saturated heterocycles. The van der Waals surface area contributed by atoms with Crippen LogP contribution in [-0.4, -0.2) is 28.6 Å². The van der Waals surface area contributed by atoms with Gasteiger partial charge < -0.3 is 14.2 Å². The Kier molecular flexibility index (Phi) is 4.98. The van der Waals surface area contributed by atoms with Crippen molar-refractivity contribution in [1.29, 1.82) is 0 Å². The fourth-order valence-electron chi connectivity index (χ4n) is 3.57. The topological polar surface area (TPSA) is 34.5 Å². The van der Waals surface area contributed by atoms with Crippen LogP contribution >= 0.6 is 15.9 Å². The zero-order valence-corrected chi connectivity index (χ0v) is 16.1. The fraction of sp³-hybridized carbons (Fsp3) is 0.286. The van der Waals surface area contributed by atoms with Crippen molar-refractivity contribution in [2.45, 2.75) is 19.6 Å². The number of aromatic nitrogens is 1. The summed E-state index contributed by atoms with van der Waals surface area (Å²) in [6, 6.07) is 18.3. The van der Waals surface area contributed by atoms with Gasteiger partial charge in [-0.1, -0.05) is 46.3 Å². The number of nitrogens with zero attached hydrogens (tertiary/aromatic N) is 2. The number of carbonyl (C=O) groups is 1. The average Bonchev–Trinajstić information content (AvgIpc) is 3.28. The SMILES string of the molecule is O=C(OCc1ccccc1)N1CCC(Cn2ccc3cc(Br)ccc32)C1. The second-order valence-corrected chi connectivity index (χ2v) is 7.73. The number of rotatable bonds is 4. The molecule has 1 amide bonds. The maximum atomic E-state index is 12.3. The minimum atomic E-state index is -0.211. The molecule has 1 aromatic heterocycles. The van der Waals surface area contributed by atoms with E-state index in [0.717, 1.165) is 36.1 Å². The molecule has 0 radical (unpaired) electrons. The molecule has 0 saturated carbocycles. The Morgan fingerprint density at radius 3 is 2.85 bits per heavy atom.